The third-order valence-corrected chi connectivity index (χ3v) is 4.80. The summed E-state index contributed by atoms with van der Waals surface area (Å²) in [6.45, 7) is 3.32. The first kappa shape index (κ1) is 15.7. The lowest BCUT2D eigenvalue weighted by Crippen LogP contribution is -2.30. The molecule has 1 aromatic heterocycles. The second kappa shape index (κ2) is 6.87. The standard InChI is InChI=1S/C14H17Cl2N3S/c1-9-14(20-8-18-9)7-19(2)13(6-17)11-4-3-10(15)5-12(11)16/h3-5,8,13H,6-7,17H2,1-2H3. The Bertz CT molecular complexity index is 586. The van der Waals surface area contributed by atoms with Gasteiger partial charge in [-0.2, -0.15) is 0 Å². The van der Waals surface area contributed by atoms with E-state index in [4.69, 9.17) is 28.9 Å². The zero-order chi connectivity index (χ0) is 14.7. The summed E-state index contributed by atoms with van der Waals surface area (Å²) in [5.74, 6) is 0. The first-order valence-electron chi connectivity index (χ1n) is 6.27. The minimum atomic E-state index is 0.0567. The van der Waals surface area contributed by atoms with E-state index in [-0.39, 0.29) is 6.04 Å². The Morgan fingerprint density at radius 1 is 1.40 bits per heavy atom. The largest absolute Gasteiger partial charge is 0.329 e. The molecule has 0 radical (unpaired) electrons. The van der Waals surface area contributed by atoms with Crippen molar-refractivity contribution >= 4 is 34.5 Å². The van der Waals surface area contributed by atoms with Gasteiger partial charge in [0.2, 0.25) is 0 Å². The fourth-order valence-corrected chi connectivity index (χ4v) is 3.50. The Labute approximate surface area is 133 Å². The predicted molar refractivity (Wildman–Crippen MR) is 86.6 cm³/mol. The smallest absolute Gasteiger partial charge is 0.0798 e. The quantitative estimate of drug-likeness (QED) is 0.904. The van der Waals surface area contributed by atoms with Crippen LogP contribution in [0.5, 0.6) is 0 Å². The predicted octanol–water partition coefficient (Wildman–Crippen LogP) is 3.89. The van der Waals surface area contributed by atoms with Crippen molar-refractivity contribution in [2.24, 2.45) is 5.73 Å². The average Bonchev–Trinajstić information content (AvgIpc) is 2.78. The number of halogens is 2. The van der Waals surface area contributed by atoms with Gasteiger partial charge in [0.05, 0.1) is 11.2 Å². The van der Waals surface area contributed by atoms with Crippen molar-refractivity contribution in [2.45, 2.75) is 19.5 Å². The van der Waals surface area contributed by atoms with Gasteiger partial charge in [0.1, 0.15) is 0 Å². The topological polar surface area (TPSA) is 42.2 Å². The third kappa shape index (κ3) is 3.51. The molecule has 20 heavy (non-hydrogen) atoms. The summed E-state index contributed by atoms with van der Waals surface area (Å²) in [6.07, 6.45) is 0. The molecule has 0 aliphatic heterocycles. The van der Waals surface area contributed by atoms with E-state index in [9.17, 15) is 0 Å². The number of hydrogen-bond acceptors (Lipinski definition) is 4. The summed E-state index contributed by atoms with van der Waals surface area (Å²) in [6, 6.07) is 5.60. The molecule has 0 aliphatic carbocycles. The van der Waals surface area contributed by atoms with E-state index in [1.807, 2.05) is 31.6 Å². The second-order valence-corrected chi connectivity index (χ2v) is 6.48. The molecule has 1 unspecified atom stereocenters. The van der Waals surface area contributed by atoms with Crippen LogP contribution < -0.4 is 5.73 Å². The van der Waals surface area contributed by atoms with Crippen LogP contribution in [0.4, 0.5) is 0 Å². The number of benzene rings is 1. The van der Waals surface area contributed by atoms with Crippen LogP contribution in [-0.4, -0.2) is 23.5 Å². The number of rotatable bonds is 5. The molecule has 0 saturated carbocycles. The van der Waals surface area contributed by atoms with Crippen LogP contribution in [0.3, 0.4) is 0 Å². The van der Waals surface area contributed by atoms with Gasteiger partial charge in [-0.05, 0) is 31.7 Å². The van der Waals surface area contributed by atoms with Crippen LogP contribution in [0.1, 0.15) is 22.2 Å². The van der Waals surface area contributed by atoms with Crippen LogP contribution in [0.25, 0.3) is 0 Å². The zero-order valence-corrected chi connectivity index (χ0v) is 13.8. The van der Waals surface area contributed by atoms with Crippen molar-refractivity contribution < 1.29 is 0 Å². The summed E-state index contributed by atoms with van der Waals surface area (Å²) >= 11 is 13.9. The maximum Gasteiger partial charge on any atom is 0.0798 e. The summed E-state index contributed by atoms with van der Waals surface area (Å²) in [5.41, 5.74) is 9.87. The number of likely N-dealkylation sites (N-methyl/N-ethyl adjacent to an activating group) is 1. The highest BCUT2D eigenvalue weighted by Gasteiger charge is 2.19. The van der Waals surface area contributed by atoms with Crippen molar-refractivity contribution in [3.8, 4) is 0 Å². The number of nitrogens with zero attached hydrogens (tertiary/aromatic N) is 2. The number of aryl methyl sites for hydroxylation is 1. The lowest BCUT2D eigenvalue weighted by molar-refractivity contribution is 0.243. The van der Waals surface area contributed by atoms with Crippen LogP contribution in [-0.2, 0) is 6.54 Å². The first-order chi connectivity index (χ1) is 9.52. The molecule has 6 heteroatoms. The molecular formula is C14H17Cl2N3S. The molecule has 0 bridgehead atoms. The number of aromatic nitrogens is 1. The molecular weight excluding hydrogens is 313 g/mol. The van der Waals surface area contributed by atoms with E-state index >= 15 is 0 Å². The van der Waals surface area contributed by atoms with Gasteiger partial charge in [0.15, 0.2) is 0 Å². The highest BCUT2D eigenvalue weighted by molar-refractivity contribution is 7.09. The minimum Gasteiger partial charge on any atom is -0.329 e. The summed E-state index contributed by atoms with van der Waals surface area (Å²) in [5, 5.41) is 1.29. The van der Waals surface area contributed by atoms with E-state index in [2.05, 4.69) is 9.88 Å². The van der Waals surface area contributed by atoms with Crippen LogP contribution in [0.15, 0.2) is 23.7 Å². The molecule has 0 amide bonds. The highest BCUT2D eigenvalue weighted by atomic mass is 35.5. The van der Waals surface area contributed by atoms with Crippen molar-refractivity contribution in [3.05, 3.63) is 49.9 Å². The van der Waals surface area contributed by atoms with Gasteiger partial charge in [-0.1, -0.05) is 29.3 Å². The zero-order valence-electron chi connectivity index (χ0n) is 11.4. The normalized spacial score (nSPS) is 12.9. The Morgan fingerprint density at radius 3 is 2.70 bits per heavy atom. The summed E-state index contributed by atoms with van der Waals surface area (Å²) < 4.78 is 0. The fourth-order valence-electron chi connectivity index (χ4n) is 2.13. The van der Waals surface area contributed by atoms with E-state index in [1.165, 1.54) is 4.88 Å². The van der Waals surface area contributed by atoms with E-state index in [0.29, 0.717) is 16.6 Å². The minimum absolute atomic E-state index is 0.0567. The molecule has 0 fully saturated rings. The maximum atomic E-state index is 6.28. The van der Waals surface area contributed by atoms with Gasteiger partial charge in [0, 0.05) is 34.1 Å². The Morgan fingerprint density at radius 2 is 2.15 bits per heavy atom. The molecule has 1 aromatic carbocycles. The number of hydrogen-bond donors (Lipinski definition) is 1. The second-order valence-electron chi connectivity index (χ2n) is 4.69. The molecule has 1 heterocycles. The fraction of sp³-hybridized carbons (Fsp3) is 0.357. The van der Waals surface area contributed by atoms with Gasteiger partial charge in [-0.15, -0.1) is 11.3 Å². The van der Waals surface area contributed by atoms with Gasteiger partial charge in [0.25, 0.3) is 0 Å². The highest BCUT2D eigenvalue weighted by Crippen LogP contribution is 2.30. The molecule has 1 atom stereocenters. The van der Waals surface area contributed by atoms with Crippen LogP contribution in [0, 0.1) is 6.92 Å². The molecule has 2 N–H and O–H groups in total. The van der Waals surface area contributed by atoms with Crippen molar-refractivity contribution in [3.63, 3.8) is 0 Å². The SMILES string of the molecule is Cc1ncsc1CN(C)C(CN)c1ccc(Cl)cc1Cl. The molecule has 2 aromatic rings. The van der Waals surface area contributed by atoms with Crippen LogP contribution in [0.2, 0.25) is 10.0 Å². The molecule has 3 nitrogen and oxygen atoms in total. The monoisotopic (exact) mass is 329 g/mol. The van der Waals surface area contributed by atoms with Crippen molar-refractivity contribution in [1.82, 2.24) is 9.88 Å². The summed E-state index contributed by atoms with van der Waals surface area (Å²) in [7, 11) is 2.04. The van der Waals surface area contributed by atoms with E-state index < -0.39 is 0 Å². The molecule has 0 aliphatic rings. The van der Waals surface area contributed by atoms with Gasteiger partial charge in [-0.3, -0.25) is 4.90 Å². The maximum absolute atomic E-state index is 6.28. The van der Waals surface area contributed by atoms with Crippen LogP contribution >= 0.6 is 34.5 Å². The third-order valence-electron chi connectivity index (χ3n) is 3.31. The number of thiazole rings is 1. The summed E-state index contributed by atoms with van der Waals surface area (Å²) in [4.78, 5) is 7.71. The first-order valence-corrected chi connectivity index (χ1v) is 7.90. The average molecular weight is 330 g/mol. The lowest BCUT2D eigenvalue weighted by atomic mass is 10.1. The lowest BCUT2D eigenvalue weighted by Gasteiger charge is -2.27. The Hall–Kier alpha value is -0.650. The van der Waals surface area contributed by atoms with E-state index in [1.54, 1.807) is 17.4 Å². The molecule has 108 valence electrons. The molecule has 0 spiro atoms. The Kier molecular flexibility index (Phi) is 5.41. The number of nitrogens with two attached hydrogens (primary N) is 1. The van der Waals surface area contributed by atoms with E-state index in [0.717, 1.165) is 17.8 Å². The van der Waals surface area contributed by atoms with Gasteiger partial charge in [-0.25, -0.2) is 4.98 Å². The van der Waals surface area contributed by atoms with Crippen molar-refractivity contribution in [2.75, 3.05) is 13.6 Å². The van der Waals surface area contributed by atoms with Gasteiger partial charge >= 0.3 is 0 Å². The Balaban J connectivity index is 2.21. The molecule has 0 saturated heterocycles. The van der Waals surface area contributed by atoms with Gasteiger partial charge < -0.3 is 5.73 Å². The molecule has 2 rings (SSSR count). The van der Waals surface area contributed by atoms with Crippen molar-refractivity contribution in [1.29, 1.82) is 0 Å².